The number of hydrogen-bond acceptors (Lipinski definition) is 2. The van der Waals surface area contributed by atoms with Crippen molar-refractivity contribution < 1.29 is 5.11 Å². The molecule has 0 rings (SSSR count). The fourth-order valence-electron chi connectivity index (χ4n) is 0.936. The number of allylic oxidation sites excluding steroid dienone is 1. The first-order valence-electron chi connectivity index (χ1n) is 4.16. The Labute approximate surface area is 69.5 Å². The van der Waals surface area contributed by atoms with Crippen molar-refractivity contribution in [3.63, 3.8) is 0 Å². The van der Waals surface area contributed by atoms with Gasteiger partial charge in [-0.3, -0.25) is 0 Å². The molecule has 66 valence electrons. The van der Waals surface area contributed by atoms with Gasteiger partial charge < -0.3 is 10.0 Å². The van der Waals surface area contributed by atoms with Gasteiger partial charge in [0.15, 0.2) is 0 Å². The number of aliphatic hydroxyl groups excluding tert-OH is 1. The molecule has 0 radical (unpaired) electrons. The SMILES string of the molecule is C/C=C\N(C)C(O)[C@@H](C)CC. The Morgan fingerprint density at radius 1 is 1.55 bits per heavy atom. The lowest BCUT2D eigenvalue weighted by Crippen LogP contribution is -2.32. The topological polar surface area (TPSA) is 23.5 Å². The zero-order chi connectivity index (χ0) is 8.85. The second kappa shape index (κ2) is 5.19. The van der Waals surface area contributed by atoms with Crippen LogP contribution in [-0.4, -0.2) is 23.3 Å². The van der Waals surface area contributed by atoms with Gasteiger partial charge in [0.05, 0.1) is 0 Å². The van der Waals surface area contributed by atoms with Gasteiger partial charge in [0.2, 0.25) is 0 Å². The standard InChI is InChI=1S/C9H19NO/c1-5-7-10(4)9(11)8(3)6-2/h5,7-9,11H,6H2,1-4H3/b7-5-/t8-,9?/m0/s1. The van der Waals surface area contributed by atoms with Crippen LogP contribution in [0.15, 0.2) is 12.3 Å². The van der Waals surface area contributed by atoms with Gasteiger partial charge in [-0.2, -0.15) is 0 Å². The third kappa shape index (κ3) is 3.42. The second-order valence-electron chi connectivity index (χ2n) is 2.95. The molecule has 0 saturated carbocycles. The Hall–Kier alpha value is -0.500. The molecule has 2 nitrogen and oxygen atoms in total. The lowest BCUT2D eigenvalue weighted by molar-refractivity contribution is 0.00752. The zero-order valence-electron chi connectivity index (χ0n) is 7.91. The van der Waals surface area contributed by atoms with Crippen LogP contribution in [-0.2, 0) is 0 Å². The van der Waals surface area contributed by atoms with Crippen LogP contribution in [0.4, 0.5) is 0 Å². The number of hydrogen-bond donors (Lipinski definition) is 1. The van der Waals surface area contributed by atoms with Gasteiger partial charge in [-0.15, -0.1) is 0 Å². The van der Waals surface area contributed by atoms with E-state index in [9.17, 15) is 5.11 Å². The van der Waals surface area contributed by atoms with Gasteiger partial charge in [0, 0.05) is 13.0 Å². The Bertz CT molecular complexity index is 123. The van der Waals surface area contributed by atoms with E-state index >= 15 is 0 Å². The molecular weight excluding hydrogens is 138 g/mol. The fraction of sp³-hybridized carbons (Fsp3) is 0.778. The van der Waals surface area contributed by atoms with Gasteiger partial charge in [-0.1, -0.05) is 19.9 Å². The van der Waals surface area contributed by atoms with Crippen LogP contribution in [0.1, 0.15) is 27.2 Å². The van der Waals surface area contributed by atoms with Crippen LogP contribution in [0.25, 0.3) is 0 Å². The second-order valence-corrected chi connectivity index (χ2v) is 2.95. The highest BCUT2D eigenvalue weighted by Gasteiger charge is 2.13. The first-order chi connectivity index (χ1) is 5.13. The monoisotopic (exact) mass is 157 g/mol. The first kappa shape index (κ1) is 10.5. The Morgan fingerprint density at radius 2 is 2.09 bits per heavy atom. The van der Waals surface area contributed by atoms with E-state index in [4.69, 9.17) is 0 Å². The molecule has 0 bridgehead atoms. The highest BCUT2D eigenvalue weighted by atomic mass is 16.3. The van der Waals surface area contributed by atoms with Crippen LogP contribution < -0.4 is 0 Å². The van der Waals surface area contributed by atoms with Crippen molar-refractivity contribution >= 4 is 0 Å². The highest BCUT2D eigenvalue weighted by molar-refractivity contribution is 4.79. The number of aliphatic hydroxyl groups is 1. The molecule has 0 aliphatic rings. The smallest absolute Gasteiger partial charge is 0.128 e. The molecule has 0 heterocycles. The molecule has 0 aromatic carbocycles. The maximum Gasteiger partial charge on any atom is 0.128 e. The van der Waals surface area contributed by atoms with Crippen molar-refractivity contribution in [3.8, 4) is 0 Å². The average molecular weight is 157 g/mol. The molecule has 1 unspecified atom stereocenters. The summed E-state index contributed by atoms with van der Waals surface area (Å²) in [5.74, 6) is 0.330. The lowest BCUT2D eigenvalue weighted by Gasteiger charge is -2.26. The molecule has 0 fully saturated rings. The molecule has 0 spiro atoms. The molecule has 0 amide bonds. The summed E-state index contributed by atoms with van der Waals surface area (Å²) in [6.07, 6.45) is 4.46. The van der Waals surface area contributed by atoms with Crippen LogP contribution in [0.2, 0.25) is 0 Å². The van der Waals surface area contributed by atoms with E-state index in [0.717, 1.165) is 6.42 Å². The summed E-state index contributed by atoms with van der Waals surface area (Å²) in [6, 6.07) is 0. The fourth-order valence-corrected chi connectivity index (χ4v) is 0.936. The summed E-state index contributed by atoms with van der Waals surface area (Å²) in [5, 5.41) is 9.59. The minimum absolute atomic E-state index is 0.330. The van der Waals surface area contributed by atoms with Crippen molar-refractivity contribution in [2.75, 3.05) is 7.05 Å². The third-order valence-electron chi connectivity index (χ3n) is 1.95. The molecule has 0 saturated heterocycles. The Morgan fingerprint density at radius 3 is 2.45 bits per heavy atom. The van der Waals surface area contributed by atoms with Crippen LogP contribution in [0, 0.1) is 5.92 Å². The normalized spacial score (nSPS) is 16.8. The lowest BCUT2D eigenvalue weighted by atomic mass is 10.1. The summed E-state index contributed by atoms with van der Waals surface area (Å²) in [6.45, 7) is 6.07. The highest BCUT2D eigenvalue weighted by Crippen LogP contribution is 2.10. The van der Waals surface area contributed by atoms with E-state index in [0.29, 0.717) is 5.92 Å². The van der Waals surface area contributed by atoms with Crippen molar-refractivity contribution in [2.24, 2.45) is 5.92 Å². The van der Waals surface area contributed by atoms with Gasteiger partial charge in [0.1, 0.15) is 6.23 Å². The van der Waals surface area contributed by atoms with Crippen molar-refractivity contribution in [3.05, 3.63) is 12.3 Å². The maximum atomic E-state index is 9.59. The summed E-state index contributed by atoms with van der Waals surface area (Å²) in [7, 11) is 1.89. The molecule has 0 aromatic heterocycles. The Kier molecular flexibility index (Phi) is 4.95. The minimum atomic E-state index is -0.351. The summed E-state index contributed by atoms with van der Waals surface area (Å²) < 4.78 is 0. The quantitative estimate of drug-likeness (QED) is 0.629. The van der Waals surface area contributed by atoms with Crippen molar-refractivity contribution in [1.82, 2.24) is 4.90 Å². The van der Waals surface area contributed by atoms with Gasteiger partial charge in [-0.25, -0.2) is 0 Å². The largest absolute Gasteiger partial charge is 0.373 e. The maximum absolute atomic E-state index is 9.59. The molecular formula is C9H19NO. The third-order valence-corrected chi connectivity index (χ3v) is 1.95. The molecule has 11 heavy (non-hydrogen) atoms. The van der Waals surface area contributed by atoms with Crippen LogP contribution in [0.3, 0.4) is 0 Å². The first-order valence-corrected chi connectivity index (χ1v) is 4.16. The predicted molar refractivity (Wildman–Crippen MR) is 48.0 cm³/mol. The summed E-state index contributed by atoms with van der Waals surface area (Å²) >= 11 is 0. The number of rotatable bonds is 4. The molecule has 0 aliphatic carbocycles. The summed E-state index contributed by atoms with van der Waals surface area (Å²) in [4.78, 5) is 1.83. The molecule has 2 atom stereocenters. The van der Waals surface area contributed by atoms with E-state index in [2.05, 4.69) is 6.92 Å². The van der Waals surface area contributed by atoms with E-state index in [1.807, 2.05) is 38.1 Å². The van der Waals surface area contributed by atoms with Gasteiger partial charge >= 0.3 is 0 Å². The van der Waals surface area contributed by atoms with Crippen LogP contribution in [0.5, 0.6) is 0 Å². The number of nitrogens with zero attached hydrogens (tertiary/aromatic N) is 1. The molecule has 0 aliphatic heterocycles. The predicted octanol–water partition coefficient (Wildman–Crippen LogP) is 1.82. The minimum Gasteiger partial charge on any atom is -0.373 e. The molecule has 2 heteroatoms. The van der Waals surface area contributed by atoms with E-state index < -0.39 is 0 Å². The van der Waals surface area contributed by atoms with Gasteiger partial charge in [-0.05, 0) is 19.5 Å². The molecule has 1 N–H and O–H groups in total. The van der Waals surface area contributed by atoms with E-state index in [1.165, 1.54) is 0 Å². The average Bonchev–Trinajstić information content (AvgIpc) is 2.02. The van der Waals surface area contributed by atoms with Gasteiger partial charge in [0.25, 0.3) is 0 Å². The summed E-state index contributed by atoms with van der Waals surface area (Å²) in [5.41, 5.74) is 0. The molecule has 0 aromatic rings. The van der Waals surface area contributed by atoms with E-state index in [1.54, 1.807) is 0 Å². The van der Waals surface area contributed by atoms with Crippen LogP contribution >= 0.6 is 0 Å². The Balaban J connectivity index is 3.90. The van der Waals surface area contributed by atoms with Crippen molar-refractivity contribution in [1.29, 1.82) is 0 Å². The zero-order valence-corrected chi connectivity index (χ0v) is 7.91. The van der Waals surface area contributed by atoms with Crippen molar-refractivity contribution in [2.45, 2.75) is 33.4 Å². The van der Waals surface area contributed by atoms with E-state index in [-0.39, 0.29) is 6.23 Å².